The Balaban J connectivity index is 1.70. The van der Waals surface area contributed by atoms with Crippen LogP contribution in [0.25, 0.3) is 0 Å². The Labute approximate surface area is 121 Å². The summed E-state index contributed by atoms with van der Waals surface area (Å²) in [5.74, 6) is 0.647. The molecule has 2 aromatic carbocycles. The van der Waals surface area contributed by atoms with Crippen molar-refractivity contribution in [3.05, 3.63) is 63.6 Å². The molecule has 1 heterocycles. The van der Waals surface area contributed by atoms with Gasteiger partial charge in [-0.15, -0.1) is 0 Å². The van der Waals surface area contributed by atoms with Gasteiger partial charge in [0.2, 0.25) is 0 Å². The molecule has 3 rings (SSSR count). The standard InChI is InChI=1S/C15H13BrClN/c16-14-7-6-13(8-15(14)17)18-9-12(10-18)11-4-2-1-3-5-11/h1-8,12H,9-10H2. The van der Waals surface area contributed by atoms with E-state index in [4.69, 9.17) is 11.6 Å². The van der Waals surface area contributed by atoms with Crippen LogP contribution in [0.3, 0.4) is 0 Å². The molecule has 3 heteroatoms. The van der Waals surface area contributed by atoms with E-state index >= 15 is 0 Å². The number of hydrogen-bond acceptors (Lipinski definition) is 1. The van der Waals surface area contributed by atoms with Crippen molar-refractivity contribution in [1.82, 2.24) is 0 Å². The molecule has 0 aromatic heterocycles. The lowest BCUT2D eigenvalue weighted by Gasteiger charge is -2.41. The Morgan fingerprint density at radius 2 is 1.78 bits per heavy atom. The van der Waals surface area contributed by atoms with Crippen LogP contribution in [0.2, 0.25) is 5.02 Å². The van der Waals surface area contributed by atoms with Gasteiger partial charge >= 0.3 is 0 Å². The maximum absolute atomic E-state index is 6.12. The van der Waals surface area contributed by atoms with Crippen LogP contribution >= 0.6 is 27.5 Å². The molecule has 0 amide bonds. The van der Waals surface area contributed by atoms with Crippen LogP contribution < -0.4 is 4.90 Å². The summed E-state index contributed by atoms with van der Waals surface area (Å²) in [5.41, 5.74) is 2.63. The molecule has 0 saturated carbocycles. The first-order valence-corrected chi connectivity index (χ1v) is 7.16. The highest BCUT2D eigenvalue weighted by Crippen LogP contribution is 2.34. The summed E-state index contributed by atoms with van der Waals surface area (Å²) in [7, 11) is 0. The second-order valence-electron chi connectivity index (χ2n) is 4.61. The molecule has 1 fully saturated rings. The molecule has 2 aromatic rings. The first-order valence-electron chi connectivity index (χ1n) is 5.99. The lowest BCUT2D eigenvalue weighted by molar-refractivity contribution is 0.525. The Bertz CT molecular complexity index is 550. The molecular weight excluding hydrogens is 310 g/mol. The van der Waals surface area contributed by atoms with E-state index in [9.17, 15) is 0 Å². The summed E-state index contributed by atoms with van der Waals surface area (Å²) in [6, 6.07) is 16.8. The Morgan fingerprint density at radius 1 is 1.06 bits per heavy atom. The predicted molar refractivity (Wildman–Crippen MR) is 80.5 cm³/mol. The fourth-order valence-electron chi connectivity index (χ4n) is 2.31. The summed E-state index contributed by atoms with van der Waals surface area (Å²) in [4.78, 5) is 2.36. The monoisotopic (exact) mass is 321 g/mol. The zero-order valence-electron chi connectivity index (χ0n) is 9.81. The first-order chi connectivity index (χ1) is 8.74. The molecular formula is C15H13BrClN. The molecule has 0 aliphatic carbocycles. The van der Waals surface area contributed by atoms with Gasteiger partial charge in [0.05, 0.1) is 5.02 Å². The van der Waals surface area contributed by atoms with E-state index in [0.717, 1.165) is 22.6 Å². The van der Waals surface area contributed by atoms with Gasteiger partial charge in [0.25, 0.3) is 0 Å². The van der Waals surface area contributed by atoms with Crippen LogP contribution in [0, 0.1) is 0 Å². The zero-order chi connectivity index (χ0) is 12.5. The van der Waals surface area contributed by atoms with Crippen LogP contribution in [0.15, 0.2) is 53.0 Å². The van der Waals surface area contributed by atoms with E-state index in [-0.39, 0.29) is 0 Å². The van der Waals surface area contributed by atoms with Crippen LogP contribution in [-0.4, -0.2) is 13.1 Å². The average molecular weight is 323 g/mol. The van der Waals surface area contributed by atoms with Crippen molar-refractivity contribution in [2.24, 2.45) is 0 Å². The van der Waals surface area contributed by atoms with Crippen LogP contribution in [-0.2, 0) is 0 Å². The highest BCUT2D eigenvalue weighted by molar-refractivity contribution is 9.10. The summed E-state index contributed by atoms with van der Waals surface area (Å²) in [6.45, 7) is 2.14. The van der Waals surface area contributed by atoms with Gasteiger partial charge < -0.3 is 4.90 Å². The molecule has 1 aliphatic heterocycles. The molecule has 0 spiro atoms. The van der Waals surface area contributed by atoms with Gasteiger partial charge in [-0.2, -0.15) is 0 Å². The average Bonchev–Trinajstić information content (AvgIpc) is 2.33. The normalized spacial score (nSPS) is 15.6. The summed E-state index contributed by atoms with van der Waals surface area (Å²) in [5, 5.41) is 0.774. The van der Waals surface area contributed by atoms with E-state index in [2.05, 4.69) is 57.2 Å². The SMILES string of the molecule is Clc1cc(N2CC(c3ccccc3)C2)ccc1Br. The molecule has 0 N–H and O–H groups in total. The number of anilines is 1. The minimum Gasteiger partial charge on any atom is -0.370 e. The Morgan fingerprint density at radius 3 is 2.44 bits per heavy atom. The van der Waals surface area contributed by atoms with E-state index in [1.807, 2.05) is 12.1 Å². The maximum atomic E-state index is 6.12. The number of nitrogens with zero attached hydrogens (tertiary/aromatic N) is 1. The van der Waals surface area contributed by atoms with Crippen molar-refractivity contribution >= 4 is 33.2 Å². The second-order valence-corrected chi connectivity index (χ2v) is 5.87. The third-order valence-electron chi connectivity index (χ3n) is 3.42. The molecule has 0 unspecified atom stereocenters. The third kappa shape index (κ3) is 2.27. The number of benzene rings is 2. The van der Waals surface area contributed by atoms with E-state index in [1.54, 1.807) is 0 Å². The van der Waals surface area contributed by atoms with Gasteiger partial charge in [-0.1, -0.05) is 41.9 Å². The highest BCUT2D eigenvalue weighted by atomic mass is 79.9. The van der Waals surface area contributed by atoms with Crippen LogP contribution in [0.4, 0.5) is 5.69 Å². The third-order valence-corrected chi connectivity index (χ3v) is 4.65. The molecule has 1 nitrogen and oxygen atoms in total. The van der Waals surface area contributed by atoms with E-state index in [1.165, 1.54) is 11.3 Å². The molecule has 0 atom stereocenters. The number of hydrogen-bond donors (Lipinski definition) is 0. The predicted octanol–water partition coefficient (Wildman–Crippen LogP) is 4.71. The van der Waals surface area contributed by atoms with Crippen molar-refractivity contribution < 1.29 is 0 Å². The molecule has 1 aliphatic rings. The van der Waals surface area contributed by atoms with Gasteiger partial charge in [0, 0.05) is 29.2 Å². The van der Waals surface area contributed by atoms with Crippen molar-refractivity contribution in [2.75, 3.05) is 18.0 Å². The fraction of sp³-hybridized carbons (Fsp3) is 0.200. The zero-order valence-corrected chi connectivity index (χ0v) is 12.2. The molecule has 0 bridgehead atoms. The number of halogens is 2. The van der Waals surface area contributed by atoms with E-state index < -0.39 is 0 Å². The quantitative estimate of drug-likeness (QED) is 0.774. The smallest absolute Gasteiger partial charge is 0.0568 e. The van der Waals surface area contributed by atoms with Gasteiger partial charge in [-0.25, -0.2) is 0 Å². The Kier molecular flexibility index (Phi) is 3.31. The molecule has 92 valence electrons. The minimum atomic E-state index is 0.647. The lowest BCUT2D eigenvalue weighted by Crippen LogP contribution is -2.45. The Hall–Kier alpha value is -0.990. The van der Waals surface area contributed by atoms with E-state index in [0.29, 0.717) is 5.92 Å². The van der Waals surface area contributed by atoms with Crippen LogP contribution in [0.1, 0.15) is 11.5 Å². The largest absolute Gasteiger partial charge is 0.370 e. The fourth-order valence-corrected chi connectivity index (χ4v) is 2.73. The van der Waals surface area contributed by atoms with Gasteiger partial charge in [0.15, 0.2) is 0 Å². The van der Waals surface area contributed by atoms with Crippen molar-refractivity contribution in [2.45, 2.75) is 5.92 Å². The van der Waals surface area contributed by atoms with Crippen LogP contribution in [0.5, 0.6) is 0 Å². The van der Waals surface area contributed by atoms with Gasteiger partial charge in [-0.05, 0) is 39.7 Å². The molecule has 0 radical (unpaired) electrons. The summed E-state index contributed by atoms with van der Waals surface area (Å²) >= 11 is 9.54. The van der Waals surface area contributed by atoms with Crippen molar-refractivity contribution in [3.8, 4) is 0 Å². The number of rotatable bonds is 2. The first kappa shape index (κ1) is 12.1. The molecule has 1 saturated heterocycles. The second kappa shape index (κ2) is 4.94. The van der Waals surface area contributed by atoms with Gasteiger partial charge in [0.1, 0.15) is 0 Å². The maximum Gasteiger partial charge on any atom is 0.0568 e. The topological polar surface area (TPSA) is 3.24 Å². The minimum absolute atomic E-state index is 0.647. The van der Waals surface area contributed by atoms with Crippen molar-refractivity contribution in [1.29, 1.82) is 0 Å². The summed E-state index contributed by atoms with van der Waals surface area (Å²) < 4.78 is 0.952. The summed E-state index contributed by atoms with van der Waals surface area (Å²) in [6.07, 6.45) is 0. The van der Waals surface area contributed by atoms with Gasteiger partial charge in [-0.3, -0.25) is 0 Å². The highest BCUT2D eigenvalue weighted by Gasteiger charge is 2.28. The lowest BCUT2D eigenvalue weighted by atomic mass is 9.91. The van der Waals surface area contributed by atoms with Crippen molar-refractivity contribution in [3.63, 3.8) is 0 Å². The molecule has 18 heavy (non-hydrogen) atoms.